The molecule has 4 N–H and O–H groups in total. The molecular formula is C15H20N2O4. The van der Waals surface area contributed by atoms with Crippen LogP contribution in [0.3, 0.4) is 0 Å². The molecule has 2 rings (SSSR count). The number of benzene rings is 1. The smallest absolute Gasteiger partial charge is 0.335 e. The third kappa shape index (κ3) is 4.75. The zero-order valence-electron chi connectivity index (χ0n) is 11.7. The average molecular weight is 292 g/mol. The van der Waals surface area contributed by atoms with Crippen LogP contribution in [0.4, 0.5) is 4.79 Å². The van der Waals surface area contributed by atoms with E-state index in [9.17, 15) is 14.7 Å². The molecule has 1 saturated carbocycles. The Morgan fingerprint density at radius 3 is 2.43 bits per heavy atom. The lowest BCUT2D eigenvalue weighted by molar-refractivity contribution is 0.0697. The maximum Gasteiger partial charge on any atom is 0.335 e. The van der Waals surface area contributed by atoms with Crippen LogP contribution in [0, 0.1) is 5.92 Å². The fourth-order valence-electron chi connectivity index (χ4n) is 2.48. The van der Waals surface area contributed by atoms with E-state index in [1.807, 2.05) is 0 Å². The first-order chi connectivity index (χ1) is 10.0. The van der Waals surface area contributed by atoms with Crippen LogP contribution in [-0.2, 0) is 6.54 Å². The van der Waals surface area contributed by atoms with Crippen molar-refractivity contribution in [3.63, 3.8) is 0 Å². The number of carbonyl (C=O) groups is 2. The number of nitrogens with one attached hydrogen (secondary N) is 2. The minimum Gasteiger partial charge on any atom is -0.478 e. The van der Waals surface area contributed by atoms with Crippen molar-refractivity contribution in [2.24, 2.45) is 5.92 Å². The minimum absolute atomic E-state index is 0.225. The molecule has 0 aliphatic heterocycles. The van der Waals surface area contributed by atoms with Gasteiger partial charge in [-0.05, 0) is 42.9 Å². The van der Waals surface area contributed by atoms with Gasteiger partial charge < -0.3 is 20.8 Å². The predicted octanol–water partition coefficient (Wildman–Crippen LogP) is 1.34. The molecule has 0 saturated heterocycles. The van der Waals surface area contributed by atoms with Gasteiger partial charge in [-0.2, -0.15) is 0 Å². The van der Waals surface area contributed by atoms with E-state index in [0.717, 1.165) is 24.8 Å². The topological polar surface area (TPSA) is 98.7 Å². The van der Waals surface area contributed by atoms with Crippen molar-refractivity contribution in [1.29, 1.82) is 0 Å². The standard InChI is InChI=1S/C15H20N2O4/c18-13-6-3-11(7-13)9-17-15(21)16-8-10-1-4-12(5-2-10)14(19)20/h1-2,4-5,11,13,18H,3,6-9H2,(H,19,20)(H2,16,17,21). The predicted molar refractivity (Wildman–Crippen MR) is 77.0 cm³/mol. The molecule has 2 atom stereocenters. The maximum atomic E-state index is 11.7. The van der Waals surface area contributed by atoms with E-state index in [1.54, 1.807) is 12.1 Å². The molecule has 0 spiro atoms. The summed E-state index contributed by atoms with van der Waals surface area (Å²) < 4.78 is 0. The first-order valence-corrected chi connectivity index (χ1v) is 7.06. The molecule has 1 aliphatic carbocycles. The molecule has 1 aromatic rings. The van der Waals surface area contributed by atoms with Crippen molar-refractivity contribution < 1.29 is 19.8 Å². The first-order valence-electron chi connectivity index (χ1n) is 7.06. The molecule has 2 unspecified atom stereocenters. The van der Waals surface area contributed by atoms with Crippen LogP contribution in [0.5, 0.6) is 0 Å². The third-order valence-corrected chi connectivity index (χ3v) is 3.72. The first kappa shape index (κ1) is 15.3. The van der Waals surface area contributed by atoms with E-state index >= 15 is 0 Å². The highest BCUT2D eigenvalue weighted by Crippen LogP contribution is 2.24. The number of carboxylic acid groups (broad SMARTS) is 1. The summed E-state index contributed by atoms with van der Waals surface area (Å²) in [6.07, 6.45) is 2.27. The van der Waals surface area contributed by atoms with Gasteiger partial charge >= 0.3 is 12.0 Å². The van der Waals surface area contributed by atoms with Crippen molar-refractivity contribution in [2.45, 2.75) is 31.9 Å². The molecule has 0 aromatic heterocycles. The molecule has 6 heteroatoms. The molecule has 2 amide bonds. The van der Waals surface area contributed by atoms with Gasteiger partial charge in [0.25, 0.3) is 0 Å². The fourth-order valence-corrected chi connectivity index (χ4v) is 2.48. The Labute approximate surface area is 123 Å². The van der Waals surface area contributed by atoms with E-state index in [-0.39, 0.29) is 17.7 Å². The number of hydrogen-bond acceptors (Lipinski definition) is 3. The van der Waals surface area contributed by atoms with E-state index in [2.05, 4.69) is 10.6 Å². The molecule has 6 nitrogen and oxygen atoms in total. The molecule has 0 bridgehead atoms. The van der Waals surface area contributed by atoms with E-state index in [1.165, 1.54) is 12.1 Å². The lowest BCUT2D eigenvalue weighted by atomic mass is 10.1. The van der Waals surface area contributed by atoms with Gasteiger partial charge in [0.05, 0.1) is 11.7 Å². The van der Waals surface area contributed by atoms with E-state index in [4.69, 9.17) is 5.11 Å². The number of carboxylic acids is 1. The molecule has 1 aliphatic rings. The number of aliphatic hydroxyl groups is 1. The summed E-state index contributed by atoms with van der Waals surface area (Å²) in [6, 6.07) is 6.13. The van der Waals surface area contributed by atoms with Gasteiger partial charge in [-0.15, -0.1) is 0 Å². The third-order valence-electron chi connectivity index (χ3n) is 3.72. The maximum absolute atomic E-state index is 11.7. The summed E-state index contributed by atoms with van der Waals surface area (Å²) in [7, 11) is 0. The van der Waals surface area contributed by atoms with Crippen molar-refractivity contribution in [2.75, 3.05) is 6.54 Å². The number of aliphatic hydroxyl groups excluding tert-OH is 1. The van der Waals surface area contributed by atoms with Gasteiger partial charge in [-0.1, -0.05) is 12.1 Å². The van der Waals surface area contributed by atoms with Crippen molar-refractivity contribution in [1.82, 2.24) is 10.6 Å². The lowest BCUT2D eigenvalue weighted by Gasteiger charge is -2.12. The molecule has 21 heavy (non-hydrogen) atoms. The lowest BCUT2D eigenvalue weighted by Crippen LogP contribution is -2.37. The zero-order chi connectivity index (χ0) is 15.2. The number of aromatic carboxylic acids is 1. The van der Waals surface area contributed by atoms with Gasteiger partial charge in [0.1, 0.15) is 0 Å². The summed E-state index contributed by atoms with van der Waals surface area (Å²) >= 11 is 0. The van der Waals surface area contributed by atoms with E-state index in [0.29, 0.717) is 19.0 Å². The fraction of sp³-hybridized carbons (Fsp3) is 0.467. The molecule has 0 radical (unpaired) electrons. The van der Waals surface area contributed by atoms with Gasteiger partial charge in [-0.3, -0.25) is 0 Å². The Morgan fingerprint density at radius 1 is 1.14 bits per heavy atom. The van der Waals surface area contributed by atoms with E-state index < -0.39 is 5.97 Å². The second-order valence-electron chi connectivity index (χ2n) is 5.40. The van der Waals surface area contributed by atoms with Crippen LogP contribution in [0.1, 0.15) is 35.2 Å². The number of urea groups is 1. The van der Waals surface area contributed by atoms with Crippen molar-refractivity contribution in [3.8, 4) is 0 Å². The number of amides is 2. The second-order valence-corrected chi connectivity index (χ2v) is 5.40. The monoisotopic (exact) mass is 292 g/mol. The summed E-state index contributed by atoms with van der Waals surface area (Å²) in [4.78, 5) is 22.4. The molecule has 1 aromatic carbocycles. The molecule has 0 heterocycles. The Bertz CT molecular complexity index is 501. The average Bonchev–Trinajstić information content (AvgIpc) is 2.89. The van der Waals surface area contributed by atoms with Gasteiger partial charge in [-0.25, -0.2) is 9.59 Å². The highest BCUT2D eigenvalue weighted by molar-refractivity contribution is 5.87. The Kier molecular flexibility index (Phi) is 5.16. The normalized spacial score (nSPS) is 21.0. The molecule has 1 fully saturated rings. The van der Waals surface area contributed by atoms with Crippen LogP contribution in [0.25, 0.3) is 0 Å². The number of carbonyl (C=O) groups excluding carboxylic acids is 1. The highest BCUT2D eigenvalue weighted by Gasteiger charge is 2.22. The Hall–Kier alpha value is -2.08. The number of hydrogen-bond donors (Lipinski definition) is 4. The van der Waals surface area contributed by atoms with Crippen LogP contribution in [0.2, 0.25) is 0 Å². The van der Waals surface area contributed by atoms with Crippen LogP contribution in [0.15, 0.2) is 24.3 Å². The summed E-state index contributed by atoms with van der Waals surface area (Å²) in [5.41, 5.74) is 1.06. The van der Waals surface area contributed by atoms with Crippen LogP contribution < -0.4 is 10.6 Å². The molecule has 114 valence electrons. The Balaban J connectivity index is 1.69. The minimum atomic E-state index is -0.967. The summed E-state index contributed by atoms with van der Waals surface area (Å²) in [5.74, 6) is -0.619. The largest absolute Gasteiger partial charge is 0.478 e. The zero-order valence-corrected chi connectivity index (χ0v) is 11.7. The quantitative estimate of drug-likeness (QED) is 0.658. The van der Waals surface area contributed by atoms with Crippen molar-refractivity contribution >= 4 is 12.0 Å². The van der Waals surface area contributed by atoms with Crippen LogP contribution in [-0.4, -0.2) is 34.9 Å². The second kappa shape index (κ2) is 7.08. The molecular weight excluding hydrogens is 272 g/mol. The van der Waals surface area contributed by atoms with Crippen molar-refractivity contribution in [3.05, 3.63) is 35.4 Å². The van der Waals surface area contributed by atoms with Gasteiger partial charge in [0.15, 0.2) is 0 Å². The van der Waals surface area contributed by atoms with Crippen LogP contribution >= 0.6 is 0 Å². The summed E-state index contributed by atoms with van der Waals surface area (Å²) in [6.45, 7) is 0.917. The van der Waals surface area contributed by atoms with Gasteiger partial charge in [0.2, 0.25) is 0 Å². The van der Waals surface area contributed by atoms with Gasteiger partial charge in [0, 0.05) is 13.1 Å². The Morgan fingerprint density at radius 2 is 1.86 bits per heavy atom. The summed E-state index contributed by atoms with van der Waals surface area (Å²) in [5, 5.41) is 23.7. The highest BCUT2D eigenvalue weighted by atomic mass is 16.4. The number of rotatable bonds is 5. The SMILES string of the molecule is O=C(NCc1ccc(C(=O)O)cc1)NCC1CCC(O)C1.